The van der Waals surface area contributed by atoms with Gasteiger partial charge in [0.1, 0.15) is 0 Å². The van der Waals surface area contributed by atoms with Crippen molar-refractivity contribution in [2.75, 3.05) is 6.61 Å². The summed E-state index contributed by atoms with van der Waals surface area (Å²) in [5.74, 6) is -0.154. The number of hydrogen-bond acceptors (Lipinski definition) is 4. The Labute approximate surface area is 151 Å². The molecule has 6 nitrogen and oxygen atoms in total. The van der Waals surface area contributed by atoms with Crippen molar-refractivity contribution in [1.82, 2.24) is 10.6 Å². The Morgan fingerprint density at radius 1 is 1.20 bits per heavy atom. The first kappa shape index (κ1) is 19.0. The van der Waals surface area contributed by atoms with Crippen molar-refractivity contribution in [2.45, 2.75) is 32.5 Å². The average Bonchev–Trinajstić information content (AvgIpc) is 3.12. The molecular weight excluding hydrogens is 338 g/mol. The van der Waals surface area contributed by atoms with Crippen LogP contribution < -0.4 is 16.4 Å². The lowest BCUT2D eigenvalue weighted by Crippen LogP contribution is -2.36. The van der Waals surface area contributed by atoms with Crippen molar-refractivity contribution in [3.05, 3.63) is 57.8 Å². The van der Waals surface area contributed by atoms with Crippen LogP contribution in [0.25, 0.3) is 0 Å². The number of amides is 3. The first-order valence-corrected chi connectivity index (χ1v) is 8.98. The van der Waals surface area contributed by atoms with Gasteiger partial charge in [0.25, 0.3) is 0 Å². The molecular formula is C18H23N3O3S. The molecule has 0 radical (unpaired) electrons. The zero-order chi connectivity index (χ0) is 18.1. The minimum atomic E-state index is -0.645. The van der Waals surface area contributed by atoms with Crippen LogP contribution in [0.3, 0.4) is 0 Å². The van der Waals surface area contributed by atoms with Gasteiger partial charge in [0.2, 0.25) is 5.91 Å². The number of benzene rings is 1. The van der Waals surface area contributed by atoms with E-state index in [2.05, 4.69) is 10.6 Å². The molecule has 0 fully saturated rings. The SMILES string of the molecule is CCOCc1ccccc1CNC(=O)CC(NC(N)=O)c1cccs1. The lowest BCUT2D eigenvalue weighted by Gasteiger charge is -2.16. The number of primary amides is 1. The summed E-state index contributed by atoms with van der Waals surface area (Å²) in [7, 11) is 0. The fourth-order valence-electron chi connectivity index (χ4n) is 2.42. The molecule has 2 aromatic rings. The van der Waals surface area contributed by atoms with E-state index >= 15 is 0 Å². The van der Waals surface area contributed by atoms with Gasteiger partial charge in [-0.2, -0.15) is 0 Å². The summed E-state index contributed by atoms with van der Waals surface area (Å²) in [5.41, 5.74) is 7.28. The highest BCUT2D eigenvalue weighted by Gasteiger charge is 2.18. The van der Waals surface area contributed by atoms with Crippen molar-refractivity contribution in [2.24, 2.45) is 5.73 Å². The van der Waals surface area contributed by atoms with Crippen LogP contribution in [0.2, 0.25) is 0 Å². The van der Waals surface area contributed by atoms with Gasteiger partial charge in [0.05, 0.1) is 19.1 Å². The largest absolute Gasteiger partial charge is 0.377 e. The maximum absolute atomic E-state index is 12.3. The Morgan fingerprint density at radius 3 is 2.60 bits per heavy atom. The highest BCUT2D eigenvalue weighted by atomic mass is 32.1. The topological polar surface area (TPSA) is 93.4 Å². The van der Waals surface area contributed by atoms with E-state index in [9.17, 15) is 9.59 Å². The third-order valence-electron chi connectivity index (χ3n) is 3.65. The molecule has 7 heteroatoms. The number of carbonyl (C=O) groups is 2. The second-order valence-electron chi connectivity index (χ2n) is 5.46. The van der Waals surface area contributed by atoms with Crippen molar-refractivity contribution in [3.8, 4) is 0 Å². The smallest absolute Gasteiger partial charge is 0.312 e. The maximum Gasteiger partial charge on any atom is 0.312 e. The number of ether oxygens (including phenoxy) is 1. The molecule has 25 heavy (non-hydrogen) atoms. The molecule has 0 saturated heterocycles. The second kappa shape index (κ2) is 9.80. The monoisotopic (exact) mass is 361 g/mol. The fourth-order valence-corrected chi connectivity index (χ4v) is 3.20. The third kappa shape index (κ3) is 6.21. The lowest BCUT2D eigenvalue weighted by molar-refractivity contribution is -0.121. The number of hydrogen-bond donors (Lipinski definition) is 3. The Kier molecular flexibility index (Phi) is 7.43. The van der Waals surface area contributed by atoms with Gasteiger partial charge in [0.15, 0.2) is 0 Å². The first-order chi connectivity index (χ1) is 12.1. The molecule has 4 N–H and O–H groups in total. The lowest BCUT2D eigenvalue weighted by atomic mass is 10.1. The van der Waals surface area contributed by atoms with Gasteiger partial charge in [-0.15, -0.1) is 11.3 Å². The highest BCUT2D eigenvalue weighted by Crippen LogP contribution is 2.22. The zero-order valence-corrected chi connectivity index (χ0v) is 15.0. The summed E-state index contributed by atoms with van der Waals surface area (Å²) in [6.45, 7) is 3.52. The van der Waals surface area contributed by atoms with E-state index in [0.29, 0.717) is 19.8 Å². The van der Waals surface area contributed by atoms with E-state index in [0.717, 1.165) is 16.0 Å². The van der Waals surface area contributed by atoms with Gasteiger partial charge < -0.3 is 21.1 Å². The van der Waals surface area contributed by atoms with Crippen LogP contribution in [0.5, 0.6) is 0 Å². The van der Waals surface area contributed by atoms with Crippen LogP contribution in [0.4, 0.5) is 4.79 Å². The maximum atomic E-state index is 12.3. The molecule has 0 bridgehead atoms. The van der Waals surface area contributed by atoms with Gasteiger partial charge in [-0.05, 0) is 29.5 Å². The van der Waals surface area contributed by atoms with E-state index < -0.39 is 12.1 Å². The van der Waals surface area contributed by atoms with Crippen molar-refractivity contribution in [3.63, 3.8) is 0 Å². The highest BCUT2D eigenvalue weighted by molar-refractivity contribution is 7.10. The molecule has 1 aromatic carbocycles. The minimum absolute atomic E-state index is 0.136. The number of carbonyl (C=O) groups excluding carboxylic acids is 2. The molecule has 0 aliphatic carbocycles. The van der Waals surface area contributed by atoms with Crippen molar-refractivity contribution < 1.29 is 14.3 Å². The Morgan fingerprint density at radius 2 is 1.96 bits per heavy atom. The van der Waals surface area contributed by atoms with Crippen molar-refractivity contribution >= 4 is 23.3 Å². The number of nitrogens with one attached hydrogen (secondary N) is 2. The van der Waals surface area contributed by atoms with E-state index in [1.165, 1.54) is 11.3 Å². The predicted octanol–water partition coefficient (Wildman–Crippen LogP) is 2.70. The van der Waals surface area contributed by atoms with Gasteiger partial charge >= 0.3 is 6.03 Å². The van der Waals surface area contributed by atoms with Gasteiger partial charge in [-0.25, -0.2) is 4.79 Å². The van der Waals surface area contributed by atoms with Crippen molar-refractivity contribution in [1.29, 1.82) is 0 Å². The number of rotatable bonds is 9. The molecule has 1 atom stereocenters. The van der Waals surface area contributed by atoms with E-state index in [1.54, 1.807) is 0 Å². The molecule has 0 spiro atoms. The second-order valence-corrected chi connectivity index (χ2v) is 6.44. The summed E-state index contributed by atoms with van der Waals surface area (Å²) in [4.78, 5) is 24.4. The molecule has 0 aliphatic heterocycles. The predicted molar refractivity (Wildman–Crippen MR) is 98.0 cm³/mol. The van der Waals surface area contributed by atoms with Crippen LogP contribution in [0.15, 0.2) is 41.8 Å². The Bertz CT molecular complexity index is 689. The first-order valence-electron chi connectivity index (χ1n) is 8.10. The summed E-state index contributed by atoms with van der Waals surface area (Å²) >= 11 is 1.47. The van der Waals surface area contributed by atoms with Gasteiger partial charge in [0, 0.05) is 18.0 Å². The Hall–Kier alpha value is -2.38. The molecule has 2 rings (SSSR count). The standard InChI is InChI=1S/C18H23N3O3S/c1-2-24-12-14-7-4-3-6-13(14)11-20-17(22)10-15(21-18(19)23)16-8-5-9-25-16/h3-9,15H,2,10-12H2,1H3,(H,20,22)(H3,19,21,23). The number of nitrogens with two attached hydrogens (primary N) is 1. The summed E-state index contributed by atoms with van der Waals surface area (Å²) in [6.07, 6.45) is 0.136. The zero-order valence-electron chi connectivity index (χ0n) is 14.2. The molecule has 134 valence electrons. The van der Waals surface area contributed by atoms with Gasteiger partial charge in [-0.3, -0.25) is 4.79 Å². The van der Waals surface area contributed by atoms with Crippen LogP contribution in [0, 0.1) is 0 Å². The van der Waals surface area contributed by atoms with E-state index in [1.807, 2.05) is 48.7 Å². The minimum Gasteiger partial charge on any atom is -0.377 e. The summed E-state index contributed by atoms with van der Waals surface area (Å²) in [6, 6.07) is 10.5. The molecule has 1 heterocycles. The average molecular weight is 361 g/mol. The third-order valence-corrected chi connectivity index (χ3v) is 4.63. The quantitative estimate of drug-likeness (QED) is 0.641. The van der Waals surface area contributed by atoms with Crippen LogP contribution in [0.1, 0.15) is 35.4 Å². The number of thiophene rings is 1. The Balaban J connectivity index is 1.94. The van der Waals surface area contributed by atoms with Crippen LogP contribution in [-0.4, -0.2) is 18.5 Å². The van der Waals surface area contributed by atoms with E-state index in [-0.39, 0.29) is 12.3 Å². The molecule has 3 amide bonds. The fraction of sp³-hybridized carbons (Fsp3) is 0.333. The summed E-state index contributed by atoms with van der Waals surface area (Å²) in [5, 5.41) is 7.41. The number of urea groups is 1. The van der Waals surface area contributed by atoms with Crippen LogP contribution >= 0.6 is 11.3 Å². The van der Waals surface area contributed by atoms with E-state index in [4.69, 9.17) is 10.5 Å². The molecule has 0 aliphatic rings. The van der Waals surface area contributed by atoms with Crippen LogP contribution in [-0.2, 0) is 22.7 Å². The van der Waals surface area contributed by atoms with Gasteiger partial charge in [-0.1, -0.05) is 30.3 Å². The summed E-state index contributed by atoms with van der Waals surface area (Å²) < 4.78 is 5.45. The molecule has 0 saturated carbocycles. The normalized spacial score (nSPS) is 11.7. The molecule has 1 unspecified atom stereocenters. The molecule has 1 aromatic heterocycles.